The van der Waals surface area contributed by atoms with Crippen LogP contribution in [0.2, 0.25) is 5.02 Å². The molecule has 3 aromatic rings. The first kappa shape index (κ1) is 40.5. The van der Waals surface area contributed by atoms with Crippen LogP contribution in [0.15, 0.2) is 77.8 Å². The number of rotatable bonds is 9. The van der Waals surface area contributed by atoms with Gasteiger partial charge in [0.05, 0.1) is 17.7 Å². The Bertz CT molecular complexity index is 1670. The Kier molecular flexibility index (Phi) is 13.8. The molecule has 274 valence electrons. The van der Waals surface area contributed by atoms with Crippen molar-refractivity contribution in [2.75, 3.05) is 13.1 Å². The number of amides is 3. The molecular weight excluding hydrogens is 672 g/mol. The van der Waals surface area contributed by atoms with Gasteiger partial charge in [-0.3, -0.25) is 15.4 Å². The summed E-state index contributed by atoms with van der Waals surface area (Å²) < 4.78 is 16.1. The lowest BCUT2D eigenvalue weighted by atomic mass is 9.95. The van der Waals surface area contributed by atoms with Crippen molar-refractivity contribution in [1.82, 2.24) is 15.5 Å². The Morgan fingerprint density at radius 1 is 0.765 bits per heavy atom. The summed E-state index contributed by atoms with van der Waals surface area (Å²) in [7, 11) is 0. The van der Waals surface area contributed by atoms with Gasteiger partial charge in [0.2, 0.25) is 11.9 Å². The van der Waals surface area contributed by atoms with E-state index < -0.39 is 29.4 Å². The molecule has 0 saturated carbocycles. The van der Waals surface area contributed by atoms with Crippen LogP contribution in [0.1, 0.15) is 83.8 Å². The maximum absolute atomic E-state index is 13.4. The first-order chi connectivity index (χ1) is 23.7. The average molecular weight is 721 g/mol. The van der Waals surface area contributed by atoms with Crippen molar-refractivity contribution < 1.29 is 33.4 Å². The second-order valence-corrected chi connectivity index (χ2v) is 15.6. The van der Waals surface area contributed by atoms with Gasteiger partial charge in [0, 0.05) is 18.1 Å². The highest BCUT2D eigenvalue weighted by Gasteiger charge is 2.23. The number of esters is 1. The number of benzene rings is 3. The number of halogens is 1. The van der Waals surface area contributed by atoms with E-state index in [1.807, 2.05) is 35.2 Å². The largest absolute Gasteiger partial charge is 0.444 e. The predicted octanol–water partition coefficient (Wildman–Crippen LogP) is 8.26. The molecule has 0 aromatic heterocycles. The fourth-order valence-corrected chi connectivity index (χ4v) is 4.88. The number of nitrogens with zero attached hydrogens (tertiary/aromatic N) is 2. The summed E-state index contributed by atoms with van der Waals surface area (Å²) >= 11 is 6.57. The summed E-state index contributed by atoms with van der Waals surface area (Å²) in [4.78, 5) is 57.4. The van der Waals surface area contributed by atoms with Crippen LogP contribution < -0.4 is 15.4 Å². The fourth-order valence-electron chi connectivity index (χ4n) is 4.64. The van der Waals surface area contributed by atoms with Gasteiger partial charge < -0.3 is 19.1 Å². The molecule has 2 N–H and O–H groups in total. The second-order valence-electron chi connectivity index (χ2n) is 15.2. The lowest BCUT2D eigenvalue weighted by Gasteiger charge is -2.30. The van der Waals surface area contributed by atoms with Gasteiger partial charge in [-0.25, -0.2) is 19.4 Å². The lowest BCUT2D eigenvalue weighted by Crippen LogP contribution is -2.47. The van der Waals surface area contributed by atoms with E-state index in [0.717, 1.165) is 12.0 Å². The molecule has 0 saturated heterocycles. The molecule has 0 radical (unpaired) electrons. The van der Waals surface area contributed by atoms with E-state index in [1.54, 1.807) is 53.7 Å². The normalized spacial score (nSPS) is 11.6. The predicted molar refractivity (Wildman–Crippen MR) is 199 cm³/mol. The molecule has 3 rings (SSSR count). The highest BCUT2D eigenvalue weighted by atomic mass is 35.5. The van der Waals surface area contributed by atoms with Crippen LogP contribution in [0, 0.1) is 5.41 Å². The minimum atomic E-state index is -0.836. The van der Waals surface area contributed by atoms with Gasteiger partial charge in [-0.05, 0) is 101 Å². The molecule has 0 aliphatic rings. The van der Waals surface area contributed by atoms with Crippen molar-refractivity contribution in [3.8, 4) is 5.75 Å². The Labute approximate surface area is 305 Å². The molecule has 0 fully saturated rings. The van der Waals surface area contributed by atoms with E-state index in [0.29, 0.717) is 29.4 Å². The van der Waals surface area contributed by atoms with Crippen LogP contribution in [0.5, 0.6) is 5.75 Å². The summed E-state index contributed by atoms with van der Waals surface area (Å²) in [6.45, 7) is 17.6. The number of nitrogens with one attached hydrogen (secondary N) is 2. The number of hydrogen-bond donors (Lipinski definition) is 2. The molecule has 12 heteroatoms. The van der Waals surface area contributed by atoms with Gasteiger partial charge >= 0.3 is 18.2 Å². The first-order valence-corrected chi connectivity index (χ1v) is 17.0. The zero-order valence-corrected chi connectivity index (χ0v) is 31.6. The number of aliphatic imine (C=N–C) groups is 1. The molecule has 3 amide bonds. The van der Waals surface area contributed by atoms with E-state index in [9.17, 15) is 19.2 Å². The van der Waals surface area contributed by atoms with Gasteiger partial charge in [0.25, 0.3) is 0 Å². The van der Waals surface area contributed by atoms with Gasteiger partial charge in [-0.2, -0.15) is 0 Å². The van der Waals surface area contributed by atoms with E-state index >= 15 is 0 Å². The van der Waals surface area contributed by atoms with E-state index in [1.165, 1.54) is 30.3 Å². The number of hydrogen-bond acceptors (Lipinski definition) is 8. The molecular formula is C39H49ClN4O7. The van der Waals surface area contributed by atoms with Crippen molar-refractivity contribution in [3.05, 3.63) is 94.5 Å². The summed E-state index contributed by atoms with van der Waals surface area (Å²) in [6.07, 6.45) is -0.826. The highest BCUT2D eigenvalue weighted by molar-refractivity contribution is 6.31. The Morgan fingerprint density at radius 3 is 1.84 bits per heavy atom. The number of guanidine groups is 1. The zero-order valence-electron chi connectivity index (χ0n) is 30.9. The molecule has 51 heavy (non-hydrogen) atoms. The van der Waals surface area contributed by atoms with Gasteiger partial charge in [0.1, 0.15) is 17.0 Å². The SMILES string of the molecule is CC(C)(C)CN(CCc1ccccc1)C(=O)Cc1ccc(OC(=O)c2ccc(N=C(NC(=O)OC(C)(C)C)NC(=O)OC(C)(C)C)cc2)cc1Cl. The lowest BCUT2D eigenvalue weighted by molar-refractivity contribution is -0.131. The molecule has 0 spiro atoms. The topological polar surface area (TPSA) is 136 Å². The van der Waals surface area contributed by atoms with Gasteiger partial charge in [0.15, 0.2) is 0 Å². The van der Waals surface area contributed by atoms with Crippen LogP contribution in [0.3, 0.4) is 0 Å². The molecule has 11 nitrogen and oxygen atoms in total. The minimum absolute atomic E-state index is 0.0407. The van der Waals surface area contributed by atoms with Crippen LogP contribution >= 0.6 is 11.6 Å². The molecule has 3 aromatic carbocycles. The van der Waals surface area contributed by atoms with Crippen molar-refractivity contribution in [1.29, 1.82) is 0 Å². The monoisotopic (exact) mass is 720 g/mol. The van der Waals surface area contributed by atoms with Crippen LogP contribution in [-0.2, 0) is 27.1 Å². The molecule has 0 aliphatic carbocycles. The fraction of sp³-hybridized carbons (Fsp3) is 0.410. The van der Waals surface area contributed by atoms with Gasteiger partial charge in [-0.15, -0.1) is 0 Å². The van der Waals surface area contributed by atoms with E-state index in [4.69, 9.17) is 25.8 Å². The van der Waals surface area contributed by atoms with Crippen molar-refractivity contribution in [2.24, 2.45) is 10.4 Å². The number of carbonyl (C=O) groups excluding carboxylic acids is 4. The number of ether oxygens (including phenoxy) is 3. The molecule has 0 bridgehead atoms. The number of carbonyl (C=O) groups is 4. The van der Waals surface area contributed by atoms with E-state index in [2.05, 4.69) is 36.4 Å². The van der Waals surface area contributed by atoms with Crippen molar-refractivity contribution in [3.63, 3.8) is 0 Å². The van der Waals surface area contributed by atoms with Crippen LogP contribution in [0.4, 0.5) is 15.3 Å². The third-order valence-corrected chi connectivity index (χ3v) is 7.04. The molecule has 0 unspecified atom stereocenters. The van der Waals surface area contributed by atoms with E-state index in [-0.39, 0.29) is 35.0 Å². The Hall–Kier alpha value is -4.90. The van der Waals surface area contributed by atoms with Crippen molar-refractivity contribution >= 4 is 47.3 Å². The number of alkyl carbamates (subject to hydrolysis) is 2. The standard InChI is InChI=1S/C39H49ClN4O7/c1-37(2,3)25-44(22-21-26-13-11-10-12-14-26)32(45)23-28-17-20-30(24-31(28)40)49-33(46)27-15-18-29(19-16-27)41-34(42-35(47)50-38(4,5)6)43-36(48)51-39(7,8)9/h10-20,24H,21-23,25H2,1-9H3,(H2,41,42,43,47,48). The summed E-state index contributed by atoms with van der Waals surface area (Å²) in [5.41, 5.74) is 0.623. The highest BCUT2D eigenvalue weighted by Crippen LogP contribution is 2.26. The summed E-state index contributed by atoms with van der Waals surface area (Å²) in [5.74, 6) is -0.716. The quantitative estimate of drug-likeness (QED) is 0.0983. The first-order valence-electron chi connectivity index (χ1n) is 16.7. The van der Waals surface area contributed by atoms with Crippen LogP contribution in [0.25, 0.3) is 0 Å². The third-order valence-electron chi connectivity index (χ3n) is 6.69. The zero-order chi connectivity index (χ0) is 38.0. The Morgan fingerprint density at radius 2 is 1.33 bits per heavy atom. The smallest absolute Gasteiger partial charge is 0.414 e. The third kappa shape index (κ3) is 15.3. The van der Waals surface area contributed by atoms with Crippen molar-refractivity contribution in [2.45, 2.75) is 86.4 Å². The second kappa shape index (κ2) is 17.4. The Balaban J connectivity index is 1.69. The molecule has 0 heterocycles. The van der Waals surface area contributed by atoms with Gasteiger partial charge in [-0.1, -0.05) is 68.8 Å². The molecule has 0 aliphatic heterocycles. The maximum Gasteiger partial charge on any atom is 0.414 e. The maximum atomic E-state index is 13.4. The minimum Gasteiger partial charge on any atom is -0.444 e. The average Bonchev–Trinajstić information content (AvgIpc) is 2.99. The molecule has 0 atom stereocenters. The summed E-state index contributed by atoms with van der Waals surface area (Å²) in [6, 6.07) is 20.8. The summed E-state index contributed by atoms with van der Waals surface area (Å²) in [5, 5.41) is 5.12. The van der Waals surface area contributed by atoms with Crippen LogP contribution in [-0.4, -0.2) is 59.2 Å².